The number of amides is 2. The van der Waals surface area contributed by atoms with Crippen LogP contribution in [-0.2, 0) is 25.5 Å². The van der Waals surface area contributed by atoms with Crippen molar-refractivity contribution in [3.63, 3.8) is 0 Å². The van der Waals surface area contributed by atoms with Crippen molar-refractivity contribution in [2.75, 3.05) is 13.2 Å². The van der Waals surface area contributed by atoms with Crippen LogP contribution in [0.1, 0.15) is 53.0 Å². The van der Waals surface area contributed by atoms with Crippen LogP contribution in [0.4, 0.5) is 0 Å². The Hall–Kier alpha value is -2.23. The van der Waals surface area contributed by atoms with Crippen molar-refractivity contribution in [1.29, 1.82) is 0 Å². The van der Waals surface area contributed by atoms with Crippen molar-refractivity contribution >= 4 is 33.7 Å². The summed E-state index contributed by atoms with van der Waals surface area (Å²) in [6.45, 7) is 14.1. The molecule has 8 nitrogen and oxygen atoms in total. The molecule has 3 heterocycles. The van der Waals surface area contributed by atoms with E-state index in [0.29, 0.717) is 19.3 Å². The zero-order valence-corrected chi connectivity index (χ0v) is 25.1. The van der Waals surface area contributed by atoms with E-state index in [1.54, 1.807) is 11.0 Å². The quantitative estimate of drug-likeness (QED) is 0.312. The number of aliphatic carboxylic acids is 1. The highest BCUT2D eigenvalue weighted by Crippen LogP contribution is 2.60. The maximum absolute atomic E-state index is 14.8. The minimum absolute atomic E-state index is 0.0895. The molecule has 9 heteroatoms. The first-order chi connectivity index (χ1) is 18.2. The molecule has 2 amide bonds. The van der Waals surface area contributed by atoms with Crippen molar-refractivity contribution in [2.45, 2.75) is 88.0 Å². The molecule has 3 aliphatic rings. The van der Waals surface area contributed by atoms with E-state index >= 15 is 0 Å². The molecule has 0 aromatic heterocycles. The highest BCUT2D eigenvalue weighted by Gasteiger charge is 2.77. The van der Waals surface area contributed by atoms with E-state index in [1.807, 2.05) is 44.2 Å². The van der Waals surface area contributed by atoms with Gasteiger partial charge in [0, 0.05) is 16.9 Å². The van der Waals surface area contributed by atoms with Crippen molar-refractivity contribution in [2.24, 2.45) is 17.3 Å². The third-order valence-corrected chi connectivity index (χ3v) is 9.28. The lowest BCUT2D eigenvalue weighted by atomic mass is 9.70. The molecule has 3 aliphatic heterocycles. The van der Waals surface area contributed by atoms with Gasteiger partial charge in [0.25, 0.3) is 0 Å². The number of ether oxygens (including phenoxy) is 1. The molecule has 0 radical (unpaired) electrons. The number of likely N-dealkylation sites (tertiary alicyclic amines) is 1. The summed E-state index contributed by atoms with van der Waals surface area (Å²) < 4.78 is 6.45. The van der Waals surface area contributed by atoms with Crippen molar-refractivity contribution in [3.8, 4) is 0 Å². The fourth-order valence-electron chi connectivity index (χ4n) is 7.46. The number of aliphatic hydroxyl groups is 1. The van der Waals surface area contributed by atoms with E-state index in [9.17, 15) is 24.6 Å². The zero-order chi connectivity index (χ0) is 28.9. The van der Waals surface area contributed by atoms with Crippen LogP contribution >= 0.6 is 15.9 Å². The van der Waals surface area contributed by atoms with Gasteiger partial charge in [-0.05, 0) is 44.1 Å². The Morgan fingerprint density at radius 1 is 1.26 bits per heavy atom. The Balaban J connectivity index is 1.84. The Morgan fingerprint density at radius 2 is 1.90 bits per heavy atom. The van der Waals surface area contributed by atoms with Crippen LogP contribution < -0.4 is 0 Å². The smallest absolute Gasteiger partial charge is 0.310 e. The first-order valence-electron chi connectivity index (χ1n) is 13.6. The van der Waals surface area contributed by atoms with E-state index in [4.69, 9.17) is 4.74 Å². The standard InChI is InChI=1S/C30H41BrN2O6/c1-7-13-32(29(5,6)17-28(2,3)4)26(36)24-30-15-20(31)23(39-30)21(27(37)38)22(30)25(35)33(24)19(16-34)14-18-11-9-8-10-12-18/h7-12,19-24,34H,1,13-17H2,2-6H3,(H,37,38)/t19-,20?,21-,22+,23-,24-,30+/m1/s1. The number of alkyl halides is 1. The summed E-state index contributed by atoms with van der Waals surface area (Å²) in [5, 5.41) is 20.8. The Labute approximate surface area is 239 Å². The first kappa shape index (κ1) is 29.7. The van der Waals surface area contributed by atoms with E-state index in [-0.39, 0.29) is 29.3 Å². The number of halogens is 1. The summed E-state index contributed by atoms with van der Waals surface area (Å²) in [7, 11) is 0. The van der Waals surface area contributed by atoms with Crippen LogP contribution in [-0.4, -0.2) is 85.1 Å². The molecule has 1 aromatic carbocycles. The number of benzene rings is 1. The average molecular weight is 606 g/mol. The van der Waals surface area contributed by atoms with Crippen LogP contribution in [0.2, 0.25) is 0 Å². The van der Waals surface area contributed by atoms with Gasteiger partial charge in [-0.1, -0.05) is 73.1 Å². The van der Waals surface area contributed by atoms with Gasteiger partial charge in [0.05, 0.1) is 30.6 Å². The SMILES string of the molecule is C=CCN(C(=O)[C@H]1N([C@@H](CO)Cc2ccccc2)C(=O)[C@@H]2[C@@H](C(=O)O)[C@@H]3O[C@@]21CC3Br)C(C)(C)CC(C)(C)C. The van der Waals surface area contributed by atoms with Crippen LogP contribution in [0.5, 0.6) is 0 Å². The number of hydrogen-bond donors (Lipinski definition) is 2. The summed E-state index contributed by atoms with van der Waals surface area (Å²) >= 11 is 3.60. The number of carbonyl (C=O) groups is 3. The van der Waals surface area contributed by atoms with E-state index < -0.39 is 53.0 Å². The van der Waals surface area contributed by atoms with Crippen molar-refractivity contribution in [1.82, 2.24) is 9.80 Å². The topological polar surface area (TPSA) is 107 Å². The second-order valence-corrected chi connectivity index (χ2v) is 14.2. The fraction of sp³-hybridized carbons (Fsp3) is 0.633. The van der Waals surface area contributed by atoms with Crippen LogP contribution in [0, 0.1) is 17.3 Å². The van der Waals surface area contributed by atoms with E-state index in [0.717, 1.165) is 5.56 Å². The maximum atomic E-state index is 14.8. The van der Waals surface area contributed by atoms with Crippen LogP contribution in [0.25, 0.3) is 0 Å². The number of carbonyl (C=O) groups excluding carboxylic acids is 2. The second kappa shape index (κ2) is 10.6. The number of aliphatic hydroxyl groups excluding tert-OH is 1. The molecule has 0 saturated carbocycles. The van der Waals surface area contributed by atoms with Crippen LogP contribution in [0.15, 0.2) is 43.0 Å². The van der Waals surface area contributed by atoms with Gasteiger partial charge in [0.1, 0.15) is 11.6 Å². The molecule has 2 N–H and O–H groups in total. The highest BCUT2D eigenvalue weighted by molar-refractivity contribution is 9.09. The van der Waals surface area contributed by atoms with Crippen LogP contribution in [0.3, 0.4) is 0 Å². The molecule has 7 atom stereocenters. The molecular weight excluding hydrogens is 564 g/mol. The molecule has 1 unspecified atom stereocenters. The molecule has 3 saturated heterocycles. The van der Waals surface area contributed by atoms with Crippen molar-refractivity contribution in [3.05, 3.63) is 48.6 Å². The minimum Gasteiger partial charge on any atom is -0.481 e. The Kier molecular flexibility index (Phi) is 8.11. The van der Waals surface area contributed by atoms with Gasteiger partial charge in [0.15, 0.2) is 0 Å². The fourth-order valence-corrected chi connectivity index (χ4v) is 8.41. The zero-order valence-electron chi connectivity index (χ0n) is 23.5. The summed E-state index contributed by atoms with van der Waals surface area (Å²) in [4.78, 5) is 44.3. The van der Waals surface area contributed by atoms with Crippen molar-refractivity contribution < 1.29 is 29.3 Å². The molecule has 4 rings (SSSR count). The number of fused-ring (bicyclic) bond motifs is 1. The number of carboxylic acids is 1. The maximum Gasteiger partial charge on any atom is 0.310 e. The molecule has 3 fully saturated rings. The molecule has 214 valence electrons. The molecule has 0 aliphatic carbocycles. The van der Waals surface area contributed by atoms with E-state index in [1.165, 1.54) is 4.90 Å². The van der Waals surface area contributed by atoms with Gasteiger partial charge in [-0.25, -0.2) is 0 Å². The summed E-state index contributed by atoms with van der Waals surface area (Å²) in [5.41, 5.74) is -1.09. The predicted octanol–water partition coefficient (Wildman–Crippen LogP) is 3.65. The lowest BCUT2D eigenvalue weighted by Crippen LogP contribution is -2.63. The van der Waals surface area contributed by atoms with Gasteiger partial charge < -0.3 is 24.7 Å². The molecule has 1 spiro atoms. The first-order valence-corrected chi connectivity index (χ1v) is 14.5. The third-order valence-electron chi connectivity index (χ3n) is 8.44. The largest absolute Gasteiger partial charge is 0.481 e. The second-order valence-electron chi connectivity index (χ2n) is 13.1. The molecular formula is C30H41BrN2O6. The van der Waals surface area contributed by atoms with Gasteiger partial charge in [0.2, 0.25) is 11.8 Å². The Morgan fingerprint density at radius 3 is 2.44 bits per heavy atom. The van der Waals surface area contributed by atoms with Gasteiger partial charge in [-0.2, -0.15) is 0 Å². The minimum atomic E-state index is -1.31. The molecule has 2 bridgehead atoms. The van der Waals surface area contributed by atoms with Gasteiger partial charge in [-0.3, -0.25) is 14.4 Å². The number of hydrogen-bond acceptors (Lipinski definition) is 5. The summed E-state index contributed by atoms with van der Waals surface area (Å²) in [5.74, 6) is -3.95. The number of carboxylic acid groups (broad SMARTS) is 1. The summed E-state index contributed by atoms with van der Waals surface area (Å²) in [6.07, 6.45) is 2.29. The summed E-state index contributed by atoms with van der Waals surface area (Å²) in [6, 6.07) is 7.66. The lowest BCUT2D eigenvalue weighted by molar-refractivity contribution is -0.156. The number of nitrogens with zero attached hydrogens (tertiary/aromatic N) is 2. The average Bonchev–Trinajstić information content (AvgIpc) is 3.43. The Bertz CT molecular complexity index is 1120. The predicted molar refractivity (Wildman–Crippen MR) is 151 cm³/mol. The van der Waals surface area contributed by atoms with Gasteiger partial charge >= 0.3 is 5.97 Å². The molecule has 1 aromatic rings. The van der Waals surface area contributed by atoms with Gasteiger partial charge in [-0.15, -0.1) is 6.58 Å². The third kappa shape index (κ3) is 5.18. The highest BCUT2D eigenvalue weighted by atomic mass is 79.9. The normalized spacial score (nSPS) is 30.8. The monoisotopic (exact) mass is 604 g/mol. The molecule has 39 heavy (non-hydrogen) atoms. The lowest BCUT2D eigenvalue weighted by Gasteiger charge is -2.46. The number of rotatable bonds is 10. The van der Waals surface area contributed by atoms with E-state index in [2.05, 4.69) is 43.3 Å².